The van der Waals surface area contributed by atoms with E-state index < -0.39 is 18.2 Å². The van der Waals surface area contributed by atoms with Crippen LogP contribution >= 0.6 is 0 Å². The van der Waals surface area contributed by atoms with Crippen LogP contribution in [0.2, 0.25) is 0 Å². The van der Waals surface area contributed by atoms with E-state index in [1.807, 2.05) is 36.4 Å². The SMILES string of the molecule is CNc1nc2cc(N(C)C(=O)N(CCC(C)C)C[C@@H](O)[C@H](Cc3ccccc3)NC(=O)OC3C4COC5OCC6(CC36)C54)ccc2o1. The predicted octanol–water partition coefficient (Wildman–Crippen LogP) is 4.48. The van der Waals surface area contributed by atoms with Gasteiger partial charge in [-0.25, -0.2) is 9.59 Å². The smallest absolute Gasteiger partial charge is 0.407 e. The van der Waals surface area contributed by atoms with Crippen molar-refractivity contribution < 1.29 is 33.3 Å². The molecule has 2 aliphatic heterocycles. The van der Waals surface area contributed by atoms with Crippen LogP contribution in [-0.4, -0.2) is 92.1 Å². The highest BCUT2D eigenvalue weighted by Crippen LogP contribution is 2.74. The van der Waals surface area contributed by atoms with Crippen LogP contribution < -0.4 is 15.5 Å². The lowest BCUT2D eigenvalue weighted by molar-refractivity contribution is -0.0907. The van der Waals surface area contributed by atoms with E-state index >= 15 is 0 Å². The Kier molecular flexibility index (Phi) is 8.52. The van der Waals surface area contributed by atoms with Crippen molar-refractivity contribution in [2.45, 2.75) is 57.6 Å². The van der Waals surface area contributed by atoms with Gasteiger partial charge in [0.25, 0.3) is 6.01 Å². The summed E-state index contributed by atoms with van der Waals surface area (Å²) in [5, 5.41) is 17.6. The fourth-order valence-corrected chi connectivity index (χ4v) is 7.95. The summed E-state index contributed by atoms with van der Waals surface area (Å²) in [5.74, 6) is 1.04. The molecule has 3 N–H and O–H groups in total. The second kappa shape index (κ2) is 12.6. The Morgan fingerprint density at radius 1 is 1.17 bits per heavy atom. The number of alkyl carbamates (subject to hydrolysis) is 1. The quantitative estimate of drug-likeness (QED) is 0.260. The standard InChI is InChI=1S/C35H45N5O7/c1-20(2)12-13-40(34(43)39(4)22-10-11-28-26(15-22)37-32(36-3)46-28)17-27(41)25(14-21-8-6-5-7-9-21)38-33(42)47-30-23-18-44-31-29(23)35(19-45-31)16-24(30)35/h5-11,15,20,23-25,27,29-31,41H,12-14,16-19H2,1-4H3,(H,36,37)(H,38,42)/t23?,24?,25-,27+,29?,30?,31?,35?/m0/s1. The number of nitrogens with one attached hydrogen (secondary N) is 2. The van der Waals surface area contributed by atoms with Gasteiger partial charge in [-0.05, 0) is 48.9 Å². The van der Waals surface area contributed by atoms with Gasteiger partial charge >= 0.3 is 12.1 Å². The number of benzene rings is 2. The number of ether oxygens (including phenoxy) is 3. The first-order valence-corrected chi connectivity index (χ1v) is 16.7. The molecule has 2 saturated carbocycles. The number of rotatable bonds is 12. The zero-order valence-corrected chi connectivity index (χ0v) is 27.4. The van der Waals surface area contributed by atoms with Gasteiger partial charge in [-0.15, -0.1) is 0 Å². The Balaban J connectivity index is 1.06. The third kappa shape index (κ3) is 6.02. The molecule has 3 aromatic rings. The van der Waals surface area contributed by atoms with E-state index in [4.69, 9.17) is 18.6 Å². The molecule has 4 fully saturated rings. The summed E-state index contributed by atoms with van der Waals surface area (Å²) >= 11 is 0. The van der Waals surface area contributed by atoms with Crippen molar-refractivity contribution in [1.29, 1.82) is 0 Å². The maximum Gasteiger partial charge on any atom is 0.407 e. The lowest BCUT2D eigenvalue weighted by atomic mass is 9.87. The van der Waals surface area contributed by atoms with Gasteiger partial charge in [0.05, 0.1) is 31.9 Å². The van der Waals surface area contributed by atoms with Gasteiger partial charge in [0.2, 0.25) is 0 Å². The van der Waals surface area contributed by atoms with Crippen molar-refractivity contribution in [3.8, 4) is 0 Å². The lowest BCUT2D eigenvalue weighted by Gasteiger charge is -2.33. The Labute approximate surface area is 274 Å². The number of urea groups is 1. The summed E-state index contributed by atoms with van der Waals surface area (Å²) in [6.07, 6.45) is 0.0745. The van der Waals surface area contributed by atoms with Gasteiger partial charge < -0.3 is 39.3 Å². The van der Waals surface area contributed by atoms with E-state index in [1.165, 1.54) is 0 Å². The number of hydrogen-bond donors (Lipinski definition) is 3. The van der Waals surface area contributed by atoms with Crippen LogP contribution in [0.5, 0.6) is 0 Å². The summed E-state index contributed by atoms with van der Waals surface area (Å²) in [5.41, 5.74) is 2.92. The van der Waals surface area contributed by atoms with Gasteiger partial charge in [-0.1, -0.05) is 44.2 Å². The summed E-state index contributed by atoms with van der Waals surface area (Å²) < 4.78 is 23.5. The van der Waals surface area contributed by atoms with Crippen molar-refractivity contribution >= 4 is 34.9 Å². The molecular formula is C35H45N5O7. The molecule has 12 nitrogen and oxygen atoms in total. The van der Waals surface area contributed by atoms with Gasteiger partial charge in [0.1, 0.15) is 11.6 Å². The molecule has 2 aromatic carbocycles. The van der Waals surface area contributed by atoms with E-state index in [2.05, 4.69) is 29.5 Å². The van der Waals surface area contributed by atoms with Crippen LogP contribution in [0.4, 0.5) is 21.3 Å². The fourth-order valence-electron chi connectivity index (χ4n) is 7.95. The molecule has 7 rings (SSSR count). The third-order valence-electron chi connectivity index (χ3n) is 10.6. The summed E-state index contributed by atoms with van der Waals surface area (Å²) in [6.45, 7) is 5.86. The van der Waals surface area contributed by atoms with Gasteiger partial charge in [-0.3, -0.25) is 4.90 Å². The summed E-state index contributed by atoms with van der Waals surface area (Å²) in [7, 11) is 3.44. The average Bonchev–Trinajstić information content (AvgIpc) is 3.42. The van der Waals surface area contributed by atoms with Gasteiger partial charge in [0.15, 0.2) is 11.9 Å². The highest BCUT2D eigenvalue weighted by molar-refractivity contribution is 5.93. The average molecular weight is 648 g/mol. The second-order valence-electron chi connectivity index (χ2n) is 14.0. The minimum atomic E-state index is -1.06. The van der Waals surface area contributed by atoms with Crippen LogP contribution in [0.15, 0.2) is 52.9 Å². The molecule has 2 aliphatic carbocycles. The molecule has 6 unspecified atom stereocenters. The number of oxazole rings is 1. The van der Waals surface area contributed by atoms with Crippen LogP contribution in [0, 0.1) is 29.1 Å². The molecule has 4 aliphatic rings. The van der Waals surface area contributed by atoms with Crippen LogP contribution in [0.1, 0.15) is 32.3 Å². The van der Waals surface area contributed by atoms with Crippen LogP contribution in [0.3, 0.4) is 0 Å². The molecular weight excluding hydrogens is 602 g/mol. The van der Waals surface area contributed by atoms with E-state index in [0.29, 0.717) is 54.9 Å². The van der Waals surface area contributed by atoms with Crippen LogP contribution in [-0.2, 0) is 20.6 Å². The first kappa shape index (κ1) is 31.7. The molecule has 8 atom stereocenters. The van der Waals surface area contributed by atoms with E-state index in [0.717, 1.165) is 18.4 Å². The normalized spacial score (nSPS) is 28.1. The largest absolute Gasteiger partial charge is 0.446 e. The molecule has 0 radical (unpaired) electrons. The number of aliphatic hydroxyl groups excluding tert-OH is 1. The van der Waals surface area contributed by atoms with E-state index in [9.17, 15) is 14.7 Å². The summed E-state index contributed by atoms with van der Waals surface area (Å²) in [6, 6.07) is 14.5. The molecule has 1 spiro atoms. The van der Waals surface area contributed by atoms with Crippen molar-refractivity contribution in [1.82, 2.24) is 15.2 Å². The number of nitrogens with zero attached hydrogens (tertiary/aromatic N) is 3. The zero-order chi connectivity index (χ0) is 32.9. The number of aromatic nitrogens is 1. The first-order valence-electron chi connectivity index (χ1n) is 16.7. The molecule has 252 valence electrons. The molecule has 47 heavy (non-hydrogen) atoms. The lowest BCUT2D eigenvalue weighted by Crippen LogP contribution is -2.53. The molecule has 2 saturated heterocycles. The van der Waals surface area contributed by atoms with Crippen LogP contribution in [0.25, 0.3) is 11.1 Å². The Morgan fingerprint density at radius 3 is 2.74 bits per heavy atom. The number of carbonyl (C=O) groups is 2. The summed E-state index contributed by atoms with van der Waals surface area (Å²) in [4.78, 5) is 35.1. The molecule has 0 bridgehead atoms. The zero-order valence-electron chi connectivity index (χ0n) is 27.4. The Bertz CT molecular complexity index is 1600. The maximum atomic E-state index is 14.0. The topological polar surface area (TPSA) is 139 Å². The predicted molar refractivity (Wildman–Crippen MR) is 175 cm³/mol. The minimum absolute atomic E-state index is 0.0243. The van der Waals surface area contributed by atoms with Gasteiger partial charge in [0, 0.05) is 49.5 Å². The minimum Gasteiger partial charge on any atom is -0.446 e. The van der Waals surface area contributed by atoms with Crippen molar-refractivity contribution in [3.05, 3.63) is 54.1 Å². The maximum absolute atomic E-state index is 14.0. The molecule has 1 aromatic heterocycles. The van der Waals surface area contributed by atoms with Crippen molar-refractivity contribution in [3.63, 3.8) is 0 Å². The van der Waals surface area contributed by atoms with Crippen molar-refractivity contribution in [2.75, 3.05) is 50.6 Å². The number of anilines is 2. The first-order chi connectivity index (χ1) is 22.7. The number of carbonyl (C=O) groups excluding carboxylic acids is 2. The number of hydrogen-bond acceptors (Lipinski definition) is 9. The molecule has 12 heteroatoms. The highest BCUT2D eigenvalue weighted by atomic mass is 16.7. The van der Waals surface area contributed by atoms with E-state index in [-0.39, 0.29) is 48.1 Å². The van der Waals surface area contributed by atoms with Gasteiger partial charge in [-0.2, -0.15) is 4.98 Å². The molecule has 3 amide bonds. The number of fused-ring (bicyclic) bond motifs is 1. The fraction of sp³-hybridized carbons (Fsp3) is 0.571. The third-order valence-corrected chi connectivity index (χ3v) is 10.6. The van der Waals surface area contributed by atoms with E-state index in [1.54, 1.807) is 36.0 Å². The monoisotopic (exact) mass is 647 g/mol. The highest BCUT2D eigenvalue weighted by Gasteiger charge is 2.78. The Hall–Kier alpha value is -3.87. The van der Waals surface area contributed by atoms with Crippen molar-refractivity contribution in [2.24, 2.45) is 29.1 Å². The second-order valence-corrected chi connectivity index (χ2v) is 14.0. The Morgan fingerprint density at radius 2 is 1.98 bits per heavy atom. The number of amides is 3. The molecule has 3 heterocycles. The number of aliphatic hydroxyl groups is 1.